The van der Waals surface area contributed by atoms with Gasteiger partial charge in [-0.2, -0.15) is 0 Å². The summed E-state index contributed by atoms with van der Waals surface area (Å²) < 4.78 is 5.40. The lowest BCUT2D eigenvalue weighted by Crippen LogP contribution is -2.37. The number of carbonyl (C=O) groups is 1. The van der Waals surface area contributed by atoms with Gasteiger partial charge < -0.3 is 15.4 Å². The van der Waals surface area contributed by atoms with Gasteiger partial charge in [0.25, 0.3) is 5.91 Å². The van der Waals surface area contributed by atoms with E-state index in [1.807, 2.05) is 4.90 Å². The largest absolute Gasteiger partial charge is 0.398 e. The maximum atomic E-state index is 12.7. The maximum absolute atomic E-state index is 12.7. The van der Waals surface area contributed by atoms with E-state index in [0.29, 0.717) is 28.2 Å². The van der Waals surface area contributed by atoms with Crippen LogP contribution in [-0.4, -0.2) is 36.6 Å². The van der Waals surface area contributed by atoms with Crippen molar-refractivity contribution in [2.24, 2.45) is 5.92 Å². The van der Waals surface area contributed by atoms with Gasteiger partial charge in [0.1, 0.15) is 0 Å². The van der Waals surface area contributed by atoms with Crippen LogP contribution in [0.4, 0.5) is 5.69 Å². The summed E-state index contributed by atoms with van der Waals surface area (Å²) in [4.78, 5) is 14.7. The number of carbonyl (C=O) groups excluding carboxylic acids is 1. The Kier molecular flexibility index (Phi) is 3.85. The van der Waals surface area contributed by atoms with Crippen molar-refractivity contribution in [2.45, 2.75) is 25.3 Å². The van der Waals surface area contributed by atoms with Crippen LogP contribution < -0.4 is 5.73 Å². The van der Waals surface area contributed by atoms with Crippen LogP contribution >= 0.6 is 11.6 Å². The molecule has 1 aromatic rings. The number of hydrogen-bond donors (Lipinski definition) is 1. The van der Waals surface area contributed by atoms with Gasteiger partial charge in [0.15, 0.2) is 0 Å². The third-order valence-electron chi connectivity index (χ3n) is 3.97. The van der Waals surface area contributed by atoms with Crippen LogP contribution in [0.5, 0.6) is 0 Å². The zero-order valence-electron chi connectivity index (χ0n) is 11.3. The number of nitrogens with two attached hydrogens (primary N) is 1. The molecule has 0 bridgehead atoms. The molecule has 5 heteroatoms. The summed E-state index contributed by atoms with van der Waals surface area (Å²) in [6, 6.07) is 5.43. The van der Waals surface area contributed by atoms with Crippen LogP contribution in [0, 0.1) is 5.92 Å². The molecule has 4 nitrogen and oxygen atoms in total. The van der Waals surface area contributed by atoms with E-state index in [4.69, 9.17) is 22.1 Å². The van der Waals surface area contributed by atoms with Crippen molar-refractivity contribution < 1.29 is 9.53 Å². The van der Waals surface area contributed by atoms with Crippen molar-refractivity contribution >= 4 is 23.2 Å². The van der Waals surface area contributed by atoms with Gasteiger partial charge in [0, 0.05) is 35.8 Å². The van der Waals surface area contributed by atoms with Gasteiger partial charge in [-0.15, -0.1) is 0 Å². The lowest BCUT2D eigenvalue weighted by Gasteiger charge is -2.25. The van der Waals surface area contributed by atoms with Crippen LogP contribution in [-0.2, 0) is 4.74 Å². The number of nitrogen functional groups attached to an aromatic ring is 1. The first-order chi connectivity index (χ1) is 9.65. The van der Waals surface area contributed by atoms with Gasteiger partial charge >= 0.3 is 0 Å². The normalized spacial score (nSPS) is 21.9. The number of rotatable bonds is 4. The summed E-state index contributed by atoms with van der Waals surface area (Å²) in [5, 5.41) is 0.544. The van der Waals surface area contributed by atoms with E-state index in [-0.39, 0.29) is 5.91 Å². The molecule has 1 saturated heterocycles. The highest BCUT2D eigenvalue weighted by Gasteiger charge is 2.35. The molecule has 1 saturated carbocycles. The molecule has 0 aromatic heterocycles. The van der Waals surface area contributed by atoms with E-state index in [0.717, 1.165) is 39.0 Å². The Balaban J connectivity index is 1.79. The minimum Gasteiger partial charge on any atom is -0.398 e. The minimum absolute atomic E-state index is 0.000556. The lowest BCUT2D eigenvalue weighted by molar-refractivity contribution is 0.0707. The Labute approximate surface area is 123 Å². The molecular formula is C15H19ClN2O2. The highest BCUT2D eigenvalue weighted by Crippen LogP contribution is 2.31. The van der Waals surface area contributed by atoms with Gasteiger partial charge in [-0.05, 0) is 37.5 Å². The highest BCUT2D eigenvalue weighted by atomic mass is 35.5. The van der Waals surface area contributed by atoms with Crippen LogP contribution in [0.25, 0.3) is 0 Å². The van der Waals surface area contributed by atoms with Gasteiger partial charge in [0.2, 0.25) is 0 Å². The molecule has 108 valence electrons. The van der Waals surface area contributed by atoms with Crippen molar-refractivity contribution in [1.82, 2.24) is 4.90 Å². The Morgan fingerprint density at radius 1 is 1.40 bits per heavy atom. The van der Waals surface area contributed by atoms with Crippen molar-refractivity contribution in [3.63, 3.8) is 0 Å². The molecule has 1 unspecified atom stereocenters. The Morgan fingerprint density at radius 3 is 2.85 bits per heavy atom. The van der Waals surface area contributed by atoms with Gasteiger partial charge in [-0.25, -0.2) is 0 Å². The topological polar surface area (TPSA) is 55.6 Å². The Bertz CT molecular complexity index is 511. The van der Waals surface area contributed by atoms with Crippen molar-refractivity contribution in [3.05, 3.63) is 28.8 Å². The molecule has 3 rings (SSSR count). The number of amides is 1. The number of halogens is 1. The third-order valence-corrected chi connectivity index (χ3v) is 4.21. The second kappa shape index (κ2) is 5.62. The molecule has 0 spiro atoms. The summed E-state index contributed by atoms with van der Waals surface area (Å²) >= 11 is 5.98. The molecule has 0 radical (unpaired) electrons. The van der Waals surface area contributed by atoms with Gasteiger partial charge in [-0.1, -0.05) is 11.6 Å². The SMILES string of the molecule is Nc1ccc(Cl)cc1C(=O)N(CC1CCOC1)C1CC1. The predicted molar refractivity (Wildman–Crippen MR) is 78.8 cm³/mol. The van der Waals surface area contributed by atoms with E-state index in [1.165, 1.54) is 0 Å². The van der Waals surface area contributed by atoms with Crippen LogP contribution in [0.15, 0.2) is 18.2 Å². The molecule has 1 amide bonds. The maximum Gasteiger partial charge on any atom is 0.256 e. The first-order valence-corrected chi connectivity index (χ1v) is 7.46. The fourth-order valence-corrected chi connectivity index (χ4v) is 2.83. The summed E-state index contributed by atoms with van der Waals surface area (Å²) in [5.41, 5.74) is 6.94. The Hall–Kier alpha value is -1.26. The van der Waals surface area contributed by atoms with E-state index >= 15 is 0 Å². The highest BCUT2D eigenvalue weighted by molar-refractivity contribution is 6.31. The van der Waals surface area contributed by atoms with Crippen LogP contribution in [0.1, 0.15) is 29.6 Å². The monoisotopic (exact) mass is 294 g/mol. The van der Waals surface area contributed by atoms with Gasteiger partial charge in [-0.3, -0.25) is 4.79 Å². The van der Waals surface area contributed by atoms with Crippen molar-refractivity contribution in [2.75, 3.05) is 25.5 Å². The quantitative estimate of drug-likeness (QED) is 0.868. The second-order valence-electron chi connectivity index (χ2n) is 5.65. The van der Waals surface area contributed by atoms with Gasteiger partial charge in [0.05, 0.1) is 12.2 Å². The lowest BCUT2D eigenvalue weighted by atomic mass is 10.1. The zero-order valence-corrected chi connectivity index (χ0v) is 12.1. The molecule has 20 heavy (non-hydrogen) atoms. The first kappa shape index (κ1) is 13.7. The van der Waals surface area contributed by atoms with Crippen LogP contribution in [0.3, 0.4) is 0 Å². The van der Waals surface area contributed by atoms with Crippen LogP contribution in [0.2, 0.25) is 5.02 Å². The zero-order chi connectivity index (χ0) is 14.1. The second-order valence-corrected chi connectivity index (χ2v) is 6.09. The summed E-state index contributed by atoms with van der Waals surface area (Å²) in [7, 11) is 0. The first-order valence-electron chi connectivity index (χ1n) is 7.09. The third kappa shape index (κ3) is 2.91. The molecule has 1 aliphatic carbocycles. The molecule has 2 aliphatic rings. The minimum atomic E-state index is -0.000556. The molecule has 1 heterocycles. The fourth-order valence-electron chi connectivity index (χ4n) is 2.66. The average molecular weight is 295 g/mol. The van der Waals surface area contributed by atoms with Crippen molar-refractivity contribution in [3.8, 4) is 0 Å². The Morgan fingerprint density at radius 2 is 2.20 bits per heavy atom. The van der Waals surface area contributed by atoms with E-state index in [1.54, 1.807) is 18.2 Å². The van der Waals surface area contributed by atoms with E-state index in [9.17, 15) is 4.79 Å². The standard InChI is InChI=1S/C15H19ClN2O2/c16-11-1-4-14(17)13(7-11)15(19)18(12-2-3-12)8-10-5-6-20-9-10/h1,4,7,10,12H,2-3,5-6,8-9,17H2. The molecule has 2 N–H and O–H groups in total. The summed E-state index contributed by atoms with van der Waals surface area (Å²) in [5.74, 6) is 0.444. The molecule has 2 fully saturated rings. The number of benzene rings is 1. The smallest absolute Gasteiger partial charge is 0.256 e. The molecule has 1 aliphatic heterocycles. The molecule has 1 aromatic carbocycles. The van der Waals surface area contributed by atoms with E-state index in [2.05, 4.69) is 0 Å². The average Bonchev–Trinajstić information content (AvgIpc) is 3.15. The molecular weight excluding hydrogens is 276 g/mol. The number of nitrogens with zero attached hydrogens (tertiary/aromatic N) is 1. The number of anilines is 1. The number of ether oxygens (including phenoxy) is 1. The van der Waals surface area contributed by atoms with Crippen molar-refractivity contribution in [1.29, 1.82) is 0 Å². The fraction of sp³-hybridized carbons (Fsp3) is 0.533. The number of hydrogen-bond acceptors (Lipinski definition) is 3. The van der Waals surface area contributed by atoms with E-state index < -0.39 is 0 Å². The summed E-state index contributed by atoms with van der Waals surface area (Å²) in [6.07, 6.45) is 3.20. The predicted octanol–water partition coefficient (Wildman–Crippen LogP) is 2.56. The molecule has 1 atom stereocenters. The summed E-state index contributed by atoms with van der Waals surface area (Å²) in [6.45, 7) is 2.31.